The summed E-state index contributed by atoms with van der Waals surface area (Å²) in [7, 11) is 3.50. The molecule has 1 heterocycles. The van der Waals surface area contributed by atoms with Crippen LogP contribution >= 0.6 is 0 Å². The second-order valence-corrected chi connectivity index (χ2v) is 4.13. The fourth-order valence-corrected chi connectivity index (χ4v) is 1.46. The van der Waals surface area contributed by atoms with Gasteiger partial charge < -0.3 is 15.5 Å². The summed E-state index contributed by atoms with van der Waals surface area (Å²) in [6.45, 7) is 3.19. The molecule has 0 unspecified atom stereocenters. The van der Waals surface area contributed by atoms with Crippen molar-refractivity contribution in [2.75, 3.05) is 37.8 Å². The smallest absolute Gasteiger partial charge is 0.241 e. The summed E-state index contributed by atoms with van der Waals surface area (Å²) in [5.74, 6) is 1.28. The van der Waals surface area contributed by atoms with Crippen LogP contribution in [-0.2, 0) is 4.79 Å². The normalized spacial score (nSPS) is 10.1. The Morgan fingerprint density at radius 2 is 2.12 bits per heavy atom. The first-order valence-corrected chi connectivity index (χ1v) is 5.72. The summed E-state index contributed by atoms with van der Waals surface area (Å²) in [6.07, 6.45) is 0.956. The van der Waals surface area contributed by atoms with E-state index in [1.165, 1.54) is 0 Å². The van der Waals surface area contributed by atoms with Gasteiger partial charge in [-0.2, -0.15) is 0 Å². The molecule has 0 aliphatic heterocycles. The van der Waals surface area contributed by atoms with Crippen molar-refractivity contribution in [2.24, 2.45) is 0 Å². The van der Waals surface area contributed by atoms with Crippen LogP contribution in [0.1, 0.15) is 13.3 Å². The topological polar surface area (TPSA) is 62.5 Å². The van der Waals surface area contributed by atoms with Gasteiger partial charge in [0.1, 0.15) is 11.6 Å². The minimum atomic E-state index is 0.0580. The van der Waals surface area contributed by atoms with Gasteiger partial charge >= 0.3 is 0 Å². The number of nitrogen functional groups attached to an aromatic ring is 1. The number of pyridine rings is 1. The van der Waals surface area contributed by atoms with Crippen molar-refractivity contribution in [3.8, 4) is 0 Å². The Hall–Kier alpha value is -1.78. The zero-order chi connectivity index (χ0) is 12.8. The molecule has 0 spiro atoms. The van der Waals surface area contributed by atoms with Crippen molar-refractivity contribution in [2.45, 2.75) is 13.3 Å². The van der Waals surface area contributed by atoms with E-state index in [4.69, 9.17) is 5.73 Å². The molecule has 0 atom stereocenters. The van der Waals surface area contributed by atoms with Crippen LogP contribution in [0.2, 0.25) is 0 Å². The molecule has 0 saturated carbocycles. The van der Waals surface area contributed by atoms with Crippen molar-refractivity contribution >= 4 is 17.5 Å². The van der Waals surface area contributed by atoms with Crippen LogP contribution in [0, 0.1) is 0 Å². The number of likely N-dealkylation sites (N-methyl/N-ethyl adjacent to an activating group) is 1. The highest BCUT2D eigenvalue weighted by Gasteiger charge is 2.13. The zero-order valence-corrected chi connectivity index (χ0v) is 10.7. The molecule has 0 aromatic carbocycles. The van der Waals surface area contributed by atoms with Crippen molar-refractivity contribution in [1.82, 2.24) is 9.88 Å². The van der Waals surface area contributed by atoms with E-state index in [0.717, 1.165) is 18.8 Å². The summed E-state index contributed by atoms with van der Waals surface area (Å²) in [5.41, 5.74) is 5.65. The maximum absolute atomic E-state index is 11.7. The van der Waals surface area contributed by atoms with Crippen LogP contribution in [0.25, 0.3) is 0 Å². The molecule has 0 radical (unpaired) electrons. The van der Waals surface area contributed by atoms with Crippen LogP contribution < -0.4 is 10.6 Å². The third kappa shape index (κ3) is 3.94. The Kier molecular flexibility index (Phi) is 4.75. The van der Waals surface area contributed by atoms with Crippen LogP contribution in [0.4, 0.5) is 11.6 Å². The lowest BCUT2D eigenvalue weighted by Gasteiger charge is -2.24. The van der Waals surface area contributed by atoms with Gasteiger partial charge in [0.25, 0.3) is 0 Å². The molecule has 94 valence electrons. The van der Waals surface area contributed by atoms with E-state index in [2.05, 4.69) is 11.9 Å². The average molecular weight is 236 g/mol. The quantitative estimate of drug-likeness (QED) is 0.827. The molecule has 0 bridgehead atoms. The molecule has 5 nitrogen and oxygen atoms in total. The molecule has 17 heavy (non-hydrogen) atoms. The van der Waals surface area contributed by atoms with Crippen LogP contribution in [0.5, 0.6) is 0 Å². The fraction of sp³-hybridized carbons (Fsp3) is 0.500. The number of aromatic nitrogens is 1. The Balaban J connectivity index is 2.82. The molecule has 0 aliphatic rings. The highest BCUT2D eigenvalue weighted by molar-refractivity contribution is 5.80. The Bertz CT molecular complexity index is 379. The van der Waals surface area contributed by atoms with E-state index in [9.17, 15) is 4.79 Å². The first kappa shape index (κ1) is 13.3. The highest BCUT2D eigenvalue weighted by Crippen LogP contribution is 2.12. The van der Waals surface area contributed by atoms with Crippen LogP contribution in [-0.4, -0.2) is 43.0 Å². The number of hydrogen-bond acceptors (Lipinski definition) is 4. The number of amides is 1. The van der Waals surface area contributed by atoms with Gasteiger partial charge in [0.05, 0.1) is 6.54 Å². The summed E-state index contributed by atoms with van der Waals surface area (Å²) in [4.78, 5) is 19.5. The van der Waals surface area contributed by atoms with Gasteiger partial charge in [-0.3, -0.25) is 4.79 Å². The monoisotopic (exact) mass is 236 g/mol. The van der Waals surface area contributed by atoms with Gasteiger partial charge in [0.2, 0.25) is 5.91 Å². The maximum Gasteiger partial charge on any atom is 0.241 e. The fourth-order valence-electron chi connectivity index (χ4n) is 1.46. The summed E-state index contributed by atoms with van der Waals surface area (Å²) in [6, 6.07) is 5.46. The number of hydrogen-bond donors (Lipinski definition) is 1. The standard InChI is InChI=1S/C12H20N4O/c1-4-8-16(9-12(17)15(2)3)11-7-5-6-10(13)14-11/h5-7H,4,8-9H2,1-3H3,(H2,13,14). The molecule has 1 aromatic heterocycles. The van der Waals surface area contributed by atoms with E-state index in [1.54, 1.807) is 25.1 Å². The first-order chi connectivity index (χ1) is 8.04. The van der Waals surface area contributed by atoms with Crippen LogP contribution in [0.3, 0.4) is 0 Å². The SMILES string of the molecule is CCCN(CC(=O)N(C)C)c1cccc(N)n1. The molecular formula is C12H20N4O. The van der Waals surface area contributed by atoms with Gasteiger partial charge in [0.15, 0.2) is 0 Å². The number of nitrogens with zero attached hydrogens (tertiary/aromatic N) is 3. The zero-order valence-electron chi connectivity index (χ0n) is 10.7. The molecular weight excluding hydrogens is 216 g/mol. The lowest BCUT2D eigenvalue weighted by Crippen LogP contribution is -2.37. The van der Waals surface area contributed by atoms with Gasteiger partial charge in [-0.05, 0) is 18.6 Å². The largest absolute Gasteiger partial charge is 0.384 e. The third-order valence-corrected chi connectivity index (χ3v) is 2.40. The summed E-state index contributed by atoms with van der Waals surface area (Å²) < 4.78 is 0. The second-order valence-electron chi connectivity index (χ2n) is 4.13. The van der Waals surface area contributed by atoms with Gasteiger partial charge in [-0.1, -0.05) is 13.0 Å². The molecule has 2 N–H and O–H groups in total. The second kappa shape index (κ2) is 6.08. The molecule has 5 heteroatoms. The average Bonchev–Trinajstić information content (AvgIpc) is 2.28. The highest BCUT2D eigenvalue weighted by atomic mass is 16.2. The Labute approximate surface area is 102 Å². The number of nitrogens with two attached hydrogens (primary N) is 1. The maximum atomic E-state index is 11.7. The van der Waals surface area contributed by atoms with E-state index in [1.807, 2.05) is 17.0 Å². The lowest BCUT2D eigenvalue weighted by molar-refractivity contribution is -0.127. The molecule has 0 fully saturated rings. The summed E-state index contributed by atoms with van der Waals surface area (Å²) >= 11 is 0. The number of anilines is 2. The van der Waals surface area contributed by atoms with E-state index < -0.39 is 0 Å². The predicted molar refractivity (Wildman–Crippen MR) is 69.8 cm³/mol. The minimum Gasteiger partial charge on any atom is -0.384 e. The van der Waals surface area contributed by atoms with Crippen molar-refractivity contribution < 1.29 is 4.79 Å². The van der Waals surface area contributed by atoms with Crippen molar-refractivity contribution in [3.63, 3.8) is 0 Å². The molecule has 0 aliphatic carbocycles. The first-order valence-electron chi connectivity index (χ1n) is 5.72. The third-order valence-electron chi connectivity index (χ3n) is 2.40. The lowest BCUT2D eigenvalue weighted by atomic mass is 10.3. The molecule has 1 aromatic rings. The van der Waals surface area contributed by atoms with E-state index in [0.29, 0.717) is 12.4 Å². The van der Waals surface area contributed by atoms with Gasteiger partial charge in [-0.15, -0.1) is 0 Å². The number of rotatable bonds is 5. The van der Waals surface area contributed by atoms with Gasteiger partial charge in [0, 0.05) is 20.6 Å². The Morgan fingerprint density at radius 3 is 2.65 bits per heavy atom. The molecule has 0 saturated heterocycles. The van der Waals surface area contributed by atoms with Crippen molar-refractivity contribution in [3.05, 3.63) is 18.2 Å². The van der Waals surface area contributed by atoms with Crippen molar-refractivity contribution in [1.29, 1.82) is 0 Å². The molecule has 1 amide bonds. The number of carbonyl (C=O) groups excluding carboxylic acids is 1. The molecule has 1 rings (SSSR count). The van der Waals surface area contributed by atoms with E-state index >= 15 is 0 Å². The Morgan fingerprint density at radius 1 is 1.41 bits per heavy atom. The summed E-state index contributed by atoms with van der Waals surface area (Å²) in [5, 5.41) is 0. The number of carbonyl (C=O) groups is 1. The van der Waals surface area contributed by atoms with Crippen LogP contribution in [0.15, 0.2) is 18.2 Å². The van der Waals surface area contributed by atoms with E-state index in [-0.39, 0.29) is 5.91 Å². The minimum absolute atomic E-state index is 0.0580. The predicted octanol–water partition coefficient (Wildman–Crippen LogP) is 0.968. The van der Waals surface area contributed by atoms with Gasteiger partial charge in [-0.25, -0.2) is 4.98 Å².